The minimum atomic E-state index is -0.556. The van der Waals surface area contributed by atoms with E-state index in [4.69, 9.17) is 4.74 Å². The molecule has 0 saturated heterocycles. The third-order valence-electron chi connectivity index (χ3n) is 2.02. The molecule has 0 unspecified atom stereocenters. The molecule has 0 aliphatic rings. The summed E-state index contributed by atoms with van der Waals surface area (Å²) in [4.78, 5) is 15.5. The van der Waals surface area contributed by atoms with Gasteiger partial charge in [-0.15, -0.1) is 0 Å². The summed E-state index contributed by atoms with van der Waals surface area (Å²) in [6, 6.07) is 2.90. The van der Waals surface area contributed by atoms with Crippen LogP contribution in [0.15, 0.2) is 12.1 Å². The van der Waals surface area contributed by atoms with Crippen LogP contribution in [0, 0.1) is 6.92 Å². The molecule has 1 N–H and O–H groups in total. The highest BCUT2D eigenvalue weighted by Crippen LogP contribution is 2.14. The molecule has 6 heteroatoms. The van der Waals surface area contributed by atoms with Gasteiger partial charge in [0.25, 0.3) is 0 Å². The van der Waals surface area contributed by atoms with Crippen LogP contribution in [-0.2, 0) is 4.74 Å². The second-order valence-electron chi connectivity index (χ2n) is 3.28. The van der Waals surface area contributed by atoms with Crippen molar-refractivity contribution in [3.63, 3.8) is 0 Å². The van der Waals surface area contributed by atoms with Crippen molar-refractivity contribution in [1.29, 1.82) is 0 Å². The van der Waals surface area contributed by atoms with E-state index in [0.29, 0.717) is 11.3 Å². The maximum absolute atomic E-state index is 11.4. The molecule has 0 fully saturated rings. The Morgan fingerprint density at radius 1 is 1.56 bits per heavy atom. The quantitative estimate of drug-likeness (QED) is 0.763. The fourth-order valence-electron chi connectivity index (χ4n) is 1.38. The number of hydrogen-bond donors (Lipinski definition) is 1. The number of ether oxygens (including phenoxy) is 1. The zero-order chi connectivity index (χ0) is 11.7. The van der Waals surface area contributed by atoms with Crippen LogP contribution in [0.3, 0.4) is 0 Å². The Bertz CT molecular complexity index is 547. The van der Waals surface area contributed by atoms with Gasteiger partial charge in [-0.2, -0.15) is 9.61 Å². The SMILES string of the molecule is CCOC(=O)c1cc(O)n2nc(C)cc2n1. The highest BCUT2D eigenvalue weighted by Gasteiger charge is 2.13. The molecule has 0 saturated carbocycles. The van der Waals surface area contributed by atoms with Gasteiger partial charge in [0, 0.05) is 12.1 Å². The number of esters is 1. The lowest BCUT2D eigenvalue weighted by Crippen LogP contribution is -2.08. The van der Waals surface area contributed by atoms with Crippen molar-refractivity contribution in [2.75, 3.05) is 6.61 Å². The molecule has 6 nitrogen and oxygen atoms in total. The lowest BCUT2D eigenvalue weighted by molar-refractivity contribution is 0.0519. The number of carbonyl (C=O) groups excluding carboxylic acids is 1. The first-order valence-electron chi connectivity index (χ1n) is 4.85. The van der Waals surface area contributed by atoms with E-state index in [0.717, 1.165) is 0 Å². The van der Waals surface area contributed by atoms with Crippen LogP contribution in [-0.4, -0.2) is 32.3 Å². The summed E-state index contributed by atoms with van der Waals surface area (Å²) in [7, 11) is 0. The third-order valence-corrected chi connectivity index (χ3v) is 2.02. The van der Waals surface area contributed by atoms with Crippen molar-refractivity contribution in [3.8, 4) is 5.88 Å². The minimum Gasteiger partial charge on any atom is -0.493 e. The van der Waals surface area contributed by atoms with Crippen LogP contribution >= 0.6 is 0 Å². The lowest BCUT2D eigenvalue weighted by atomic mass is 10.4. The van der Waals surface area contributed by atoms with E-state index in [1.54, 1.807) is 19.9 Å². The summed E-state index contributed by atoms with van der Waals surface area (Å²) >= 11 is 0. The second kappa shape index (κ2) is 3.80. The number of rotatable bonds is 2. The number of hydrogen-bond acceptors (Lipinski definition) is 5. The maximum Gasteiger partial charge on any atom is 0.357 e. The number of aromatic nitrogens is 3. The molecule has 0 bridgehead atoms. The van der Waals surface area contributed by atoms with Crippen LogP contribution in [0.5, 0.6) is 5.88 Å². The van der Waals surface area contributed by atoms with Gasteiger partial charge in [-0.1, -0.05) is 0 Å². The maximum atomic E-state index is 11.4. The minimum absolute atomic E-state index is 0.0757. The molecule has 0 aromatic carbocycles. The zero-order valence-corrected chi connectivity index (χ0v) is 8.97. The highest BCUT2D eigenvalue weighted by molar-refractivity contribution is 5.88. The van der Waals surface area contributed by atoms with Gasteiger partial charge < -0.3 is 9.84 Å². The number of nitrogens with zero attached hydrogens (tertiary/aromatic N) is 3. The molecule has 0 atom stereocenters. The standard InChI is InChI=1S/C10H11N3O3/c1-3-16-10(15)7-5-9(14)13-8(11-7)4-6(2)12-13/h4-5,14H,3H2,1-2H3. The molecule has 2 heterocycles. The number of aromatic hydroxyl groups is 1. The van der Waals surface area contributed by atoms with Crippen LogP contribution in [0.4, 0.5) is 0 Å². The van der Waals surface area contributed by atoms with Crippen molar-refractivity contribution in [2.45, 2.75) is 13.8 Å². The molecule has 16 heavy (non-hydrogen) atoms. The Kier molecular flexibility index (Phi) is 2.47. The Hall–Kier alpha value is -2.11. The van der Waals surface area contributed by atoms with Crippen LogP contribution in [0.25, 0.3) is 5.65 Å². The normalized spacial score (nSPS) is 10.6. The van der Waals surface area contributed by atoms with Crippen LogP contribution in [0.1, 0.15) is 23.1 Å². The highest BCUT2D eigenvalue weighted by atomic mass is 16.5. The van der Waals surface area contributed by atoms with E-state index in [1.165, 1.54) is 10.6 Å². The topological polar surface area (TPSA) is 76.7 Å². The van der Waals surface area contributed by atoms with E-state index in [1.807, 2.05) is 0 Å². The summed E-state index contributed by atoms with van der Waals surface area (Å²) < 4.78 is 6.06. The van der Waals surface area contributed by atoms with Gasteiger partial charge in [-0.3, -0.25) is 0 Å². The van der Waals surface area contributed by atoms with Gasteiger partial charge in [-0.25, -0.2) is 9.78 Å². The first kappa shape index (κ1) is 10.4. The predicted octanol–water partition coefficient (Wildman–Crippen LogP) is 0.920. The summed E-state index contributed by atoms with van der Waals surface area (Å²) in [5.74, 6) is -0.694. The second-order valence-corrected chi connectivity index (χ2v) is 3.28. The summed E-state index contributed by atoms with van der Waals surface area (Å²) in [6.07, 6.45) is 0. The first-order valence-corrected chi connectivity index (χ1v) is 4.85. The molecule has 0 aliphatic carbocycles. The largest absolute Gasteiger partial charge is 0.493 e. The summed E-state index contributed by atoms with van der Waals surface area (Å²) in [5, 5.41) is 13.6. The molecule has 84 valence electrons. The zero-order valence-electron chi connectivity index (χ0n) is 8.97. The molecular weight excluding hydrogens is 210 g/mol. The summed E-state index contributed by atoms with van der Waals surface area (Å²) in [6.45, 7) is 3.75. The molecule has 2 rings (SSSR count). The van der Waals surface area contributed by atoms with E-state index in [-0.39, 0.29) is 18.2 Å². The van der Waals surface area contributed by atoms with Crippen molar-refractivity contribution in [2.24, 2.45) is 0 Å². The van der Waals surface area contributed by atoms with Crippen LogP contribution < -0.4 is 0 Å². The third kappa shape index (κ3) is 1.69. The molecule has 0 amide bonds. The average molecular weight is 221 g/mol. The number of carbonyl (C=O) groups is 1. The van der Waals surface area contributed by atoms with Crippen molar-refractivity contribution < 1.29 is 14.6 Å². The predicted molar refractivity (Wildman–Crippen MR) is 55.3 cm³/mol. The molecular formula is C10H11N3O3. The van der Waals surface area contributed by atoms with E-state index in [2.05, 4.69) is 10.1 Å². The average Bonchev–Trinajstić information content (AvgIpc) is 2.59. The number of aryl methyl sites for hydroxylation is 1. The monoisotopic (exact) mass is 221 g/mol. The Balaban J connectivity index is 2.53. The van der Waals surface area contributed by atoms with Crippen molar-refractivity contribution >= 4 is 11.6 Å². The van der Waals surface area contributed by atoms with Gasteiger partial charge in [0.15, 0.2) is 11.3 Å². The Morgan fingerprint density at radius 2 is 2.31 bits per heavy atom. The van der Waals surface area contributed by atoms with Crippen molar-refractivity contribution in [3.05, 3.63) is 23.5 Å². The smallest absolute Gasteiger partial charge is 0.357 e. The lowest BCUT2D eigenvalue weighted by Gasteiger charge is -2.02. The first-order chi connectivity index (χ1) is 7.61. The molecule has 0 aliphatic heterocycles. The van der Waals surface area contributed by atoms with Gasteiger partial charge in [0.05, 0.1) is 12.3 Å². The molecule has 2 aromatic heterocycles. The fraction of sp³-hybridized carbons (Fsp3) is 0.300. The van der Waals surface area contributed by atoms with Gasteiger partial charge in [0.2, 0.25) is 5.88 Å². The van der Waals surface area contributed by atoms with E-state index in [9.17, 15) is 9.90 Å². The fourth-order valence-corrected chi connectivity index (χ4v) is 1.38. The van der Waals surface area contributed by atoms with Gasteiger partial charge in [0.1, 0.15) is 0 Å². The van der Waals surface area contributed by atoms with E-state index < -0.39 is 5.97 Å². The molecule has 0 radical (unpaired) electrons. The van der Waals surface area contributed by atoms with Crippen molar-refractivity contribution in [1.82, 2.24) is 14.6 Å². The molecule has 0 spiro atoms. The summed E-state index contributed by atoms with van der Waals surface area (Å²) in [5.41, 5.74) is 1.20. The van der Waals surface area contributed by atoms with Crippen LogP contribution in [0.2, 0.25) is 0 Å². The van der Waals surface area contributed by atoms with Gasteiger partial charge in [-0.05, 0) is 13.8 Å². The Morgan fingerprint density at radius 3 is 3.00 bits per heavy atom. The van der Waals surface area contributed by atoms with Gasteiger partial charge >= 0.3 is 5.97 Å². The van der Waals surface area contributed by atoms with E-state index >= 15 is 0 Å². The number of fused-ring (bicyclic) bond motifs is 1. The molecule has 2 aromatic rings. The Labute approximate surface area is 91.5 Å².